The summed E-state index contributed by atoms with van der Waals surface area (Å²) in [5, 5.41) is 25.8. The van der Waals surface area contributed by atoms with Gasteiger partial charge in [0.2, 0.25) is 6.23 Å². The van der Waals surface area contributed by atoms with Crippen LogP contribution in [0, 0.1) is 0 Å². The molecule has 0 aromatic carbocycles. The van der Waals surface area contributed by atoms with E-state index in [1.54, 1.807) is 0 Å². The lowest BCUT2D eigenvalue weighted by Crippen LogP contribution is -2.48. The average molecular weight is 235 g/mol. The van der Waals surface area contributed by atoms with Crippen molar-refractivity contribution in [2.45, 2.75) is 13.2 Å². The molecule has 0 fully saturated rings. The molecule has 0 heterocycles. The van der Waals surface area contributed by atoms with Crippen molar-refractivity contribution >= 4 is 17.9 Å². The van der Waals surface area contributed by atoms with Crippen molar-refractivity contribution in [2.24, 2.45) is 0 Å². The fraction of sp³-hybridized carbons (Fsp3) is 0.625. The SMILES string of the molecule is CCOC(C(=O)O)N(CC(=O)O)CC(=O)O. The molecule has 0 aliphatic rings. The second-order valence-corrected chi connectivity index (χ2v) is 2.84. The fourth-order valence-electron chi connectivity index (χ4n) is 1.06. The Morgan fingerprint density at radius 3 is 1.81 bits per heavy atom. The van der Waals surface area contributed by atoms with Crippen LogP contribution in [0.15, 0.2) is 0 Å². The highest BCUT2D eigenvalue weighted by atomic mass is 16.5. The number of carbonyl (C=O) groups is 3. The highest BCUT2D eigenvalue weighted by Gasteiger charge is 2.29. The van der Waals surface area contributed by atoms with Gasteiger partial charge in [0.05, 0.1) is 13.1 Å². The maximum absolute atomic E-state index is 10.7. The Kier molecular flexibility index (Phi) is 6.04. The minimum atomic E-state index is -1.57. The fourth-order valence-corrected chi connectivity index (χ4v) is 1.06. The summed E-state index contributed by atoms with van der Waals surface area (Å²) in [5.41, 5.74) is 0. The first-order chi connectivity index (χ1) is 7.38. The third kappa shape index (κ3) is 5.27. The molecule has 8 nitrogen and oxygen atoms in total. The van der Waals surface area contributed by atoms with E-state index in [0.717, 1.165) is 0 Å². The van der Waals surface area contributed by atoms with Gasteiger partial charge in [-0.2, -0.15) is 0 Å². The quantitative estimate of drug-likeness (QED) is 0.453. The van der Waals surface area contributed by atoms with E-state index in [-0.39, 0.29) is 6.61 Å². The number of hydrogen-bond donors (Lipinski definition) is 3. The molecule has 16 heavy (non-hydrogen) atoms. The van der Waals surface area contributed by atoms with Gasteiger partial charge in [0.25, 0.3) is 0 Å². The highest BCUT2D eigenvalue weighted by Crippen LogP contribution is 2.02. The summed E-state index contributed by atoms with van der Waals surface area (Å²) >= 11 is 0. The van der Waals surface area contributed by atoms with Gasteiger partial charge in [0.15, 0.2) is 0 Å². The number of ether oxygens (including phenoxy) is 1. The molecule has 0 aromatic heterocycles. The van der Waals surface area contributed by atoms with Crippen molar-refractivity contribution in [2.75, 3.05) is 19.7 Å². The Labute approximate surface area is 91.0 Å². The summed E-state index contributed by atoms with van der Waals surface area (Å²) in [7, 11) is 0. The number of carboxylic acid groups (broad SMARTS) is 3. The molecule has 0 saturated heterocycles. The molecular weight excluding hydrogens is 222 g/mol. The zero-order valence-corrected chi connectivity index (χ0v) is 8.62. The summed E-state index contributed by atoms with van der Waals surface area (Å²) in [5.74, 6) is -4.08. The van der Waals surface area contributed by atoms with Gasteiger partial charge in [-0.3, -0.25) is 9.59 Å². The van der Waals surface area contributed by atoms with Gasteiger partial charge >= 0.3 is 17.9 Å². The van der Waals surface area contributed by atoms with Crippen LogP contribution in [0.4, 0.5) is 0 Å². The molecule has 0 radical (unpaired) electrons. The maximum atomic E-state index is 10.7. The van der Waals surface area contributed by atoms with E-state index in [4.69, 9.17) is 20.1 Å². The zero-order chi connectivity index (χ0) is 12.7. The first-order valence-corrected chi connectivity index (χ1v) is 4.40. The third-order valence-corrected chi connectivity index (χ3v) is 1.54. The van der Waals surface area contributed by atoms with Gasteiger partial charge < -0.3 is 20.1 Å². The predicted octanol–water partition coefficient (Wildman–Crippen LogP) is -1.10. The summed E-state index contributed by atoms with van der Waals surface area (Å²) in [6, 6.07) is 0. The Bertz CT molecular complexity index is 262. The van der Waals surface area contributed by atoms with Crippen molar-refractivity contribution in [3.05, 3.63) is 0 Å². The first kappa shape index (κ1) is 14.3. The van der Waals surface area contributed by atoms with Gasteiger partial charge in [-0.15, -0.1) is 0 Å². The van der Waals surface area contributed by atoms with Crippen LogP contribution in [0.1, 0.15) is 6.92 Å². The topological polar surface area (TPSA) is 124 Å². The van der Waals surface area contributed by atoms with Crippen LogP contribution < -0.4 is 0 Å². The van der Waals surface area contributed by atoms with Crippen LogP contribution in [-0.2, 0) is 19.1 Å². The van der Waals surface area contributed by atoms with E-state index in [0.29, 0.717) is 4.90 Å². The summed E-state index contributed by atoms with van der Waals surface area (Å²) in [4.78, 5) is 32.3. The molecule has 0 aliphatic carbocycles. The molecule has 0 aliphatic heterocycles. The predicted molar refractivity (Wildman–Crippen MR) is 49.9 cm³/mol. The Morgan fingerprint density at radius 1 is 1.12 bits per heavy atom. The van der Waals surface area contributed by atoms with Gasteiger partial charge in [0.1, 0.15) is 0 Å². The van der Waals surface area contributed by atoms with Crippen molar-refractivity contribution in [3.63, 3.8) is 0 Å². The number of aliphatic carboxylic acids is 3. The molecule has 0 bridgehead atoms. The van der Waals surface area contributed by atoms with Gasteiger partial charge in [0, 0.05) is 6.61 Å². The van der Waals surface area contributed by atoms with Gasteiger partial charge in [-0.1, -0.05) is 0 Å². The molecule has 0 spiro atoms. The van der Waals surface area contributed by atoms with Crippen molar-refractivity contribution in [3.8, 4) is 0 Å². The first-order valence-electron chi connectivity index (χ1n) is 4.40. The van der Waals surface area contributed by atoms with E-state index >= 15 is 0 Å². The normalized spacial score (nSPS) is 12.4. The molecule has 1 atom stereocenters. The number of rotatable bonds is 8. The van der Waals surface area contributed by atoms with Crippen molar-refractivity contribution < 1.29 is 34.4 Å². The molecular formula is C8H13NO7. The Balaban J connectivity index is 4.72. The minimum absolute atomic E-state index is 0.0344. The molecule has 0 saturated carbocycles. The summed E-state index contributed by atoms with van der Waals surface area (Å²) in [6.45, 7) is 0.120. The Hall–Kier alpha value is -1.67. The molecule has 0 amide bonds. The smallest absolute Gasteiger partial charge is 0.348 e. The van der Waals surface area contributed by atoms with E-state index in [1.807, 2.05) is 0 Å². The second kappa shape index (κ2) is 6.75. The van der Waals surface area contributed by atoms with E-state index in [2.05, 4.69) is 0 Å². The van der Waals surface area contributed by atoms with Crippen LogP contribution in [0.25, 0.3) is 0 Å². The number of nitrogens with zero attached hydrogens (tertiary/aromatic N) is 1. The Morgan fingerprint density at radius 2 is 1.56 bits per heavy atom. The maximum Gasteiger partial charge on any atom is 0.348 e. The van der Waals surface area contributed by atoms with E-state index in [1.165, 1.54) is 6.92 Å². The van der Waals surface area contributed by atoms with Crippen LogP contribution in [-0.4, -0.2) is 64.1 Å². The van der Waals surface area contributed by atoms with Crippen LogP contribution >= 0.6 is 0 Å². The third-order valence-electron chi connectivity index (χ3n) is 1.54. The largest absolute Gasteiger partial charge is 0.480 e. The minimum Gasteiger partial charge on any atom is -0.480 e. The molecule has 92 valence electrons. The standard InChI is InChI=1S/C8H13NO7/c1-2-16-7(8(14)15)9(3-5(10)11)4-6(12)13/h7H,2-4H2,1H3,(H,10,11)(H,12,13)(H,14,15). The van der Waals surface area contributed by atoms with Gasteiger partial charge in [-0.25, -0.2) is 9.69 Å². The lowest BCUT2D eigenvalue weighted by atomic mass is 10.4. The van der Waals surface area contributed by atoms with E-state index in [9.17, 15) is 14.4 Å². The molecule has 1 unspecified atom stereocenters. The van der Waals surface area contributed by atoms with Crippen LogP contribution in [0.3, 0.4) is 0 Å². The number of carboxylic acids is 3. The second-order valence-electron chi connectivity index (χ2n) is 2.84. The average Bonchev–Trinajstić information content (AvgIpc) is 2.10. The number of hydrogen-bond acceptors (Lipinski definition) is 5. The monoisotopic (exact) mass is 235 g/mol. The van der Waals surface area contributed by atoms with Crippen LogP contribution in [0.5, 0.6) is 0 Å². The zero-order valence-electron chi connectivity index (χ0n) is 8.62. The summed E-state index contributed by atoms with van der Waals surface area (Å²) < 4.78 is 4.77. The molecule has 3 N–H and O–H groups in total. The van der Waals surface area contributed by atoms with Crippen molar-refractivity contribution in [1.82, 2.24) is 4.90 Å². The molecule has 0 rings (SSSR count). The van der Waals surface area contributed by atoms with Crippen LogP contribution in [0.2, 0.25) is 0 Å². The summed E-state index contributed by atoms with van der Waals surface area (Å²) in [6.07, 6.45) is -1.57. The lowest BCUT2D eigenvalue weighted by molar-refractivity contribution is -0.169. The molecule has 0 aromatic rings. The van der Waals surface area contributed by atoms with Gasteiger partial charge in [-0.05, 0) is 6.92 Å². The van der Waals surface area contributed by atoms with E-state index < -0.39 is 37.2 Å². The molecule has 8 heteroatoms. The highest BCUT2D eigenvalue weighted by molar-refractivity contribution is 5.77. The van der Waals surface area contributed by atoms with Crippen molar-refractivity contribution in [1.29, 1.82) is 0 Å². The lowest BCUT2D eigenvalue weighted by Gasteiger charge is -2.24.